The molecule has 0 aromatic rings. The maximum Gasteiger partial charge on any atom is 0.0469 e. The summed E-state index contributed by atoms with van der Waals surface area (Å²) in [6.07, 6.45) is 6.35. The second-order valence-corrected chi connectivity index (χ2v) is 6.21. The lowest BCUT2D eigenvalue weighted by Crippen LogP contribution is -2.52. The molecule has 1 heterocycles. The molecule has 2 aliphatic rings. The van der Waals surface area contributed by atoms with Crippen molar-refractivity contribution in [1.29, 1.82) is 0 Å². The van der Waals surface area contributed by atoms with Crippen molar-refractivity contribution in [3.05, 3.63) is 0 Å². The number of hydrogen-bond acceptors (Lipinski definition) is 3. The molecule has 1 aliphatic heterocycles. The minimum absolute atomic E-state index is 0.289. The van der Waals surface area contributed by atoms with Gasteiger partial charge in [-0.2, -0.15) is 0 Å². The van der Waals surface area contributed by atoms with Crippen molar-refractivity contribution in [1.82, 2.24) is 4.90 Å². The van der Waals surface area contributed by atoms with E-state index in [0.717, 1.165) is 31.6 Å². The fourth-order valence-corrected chi connectivity index (χ4v) is 3.57. The van der Waals surface area contributed by atoms with Gasteiger partial charge < -0.3 is 10.5 Å². The van der Waals surface area contributed by atoms with Crippen molar-refractivity contribution in [2.75, 3.05) is 33.4 Å². The molecule has 2 N–H and O–H groups in total. The average Bonchev–Trinajstić information content (AvgIpc) is 2.73. The first kappa shape index (κ1) is 13.3. The van der Waals surface area contributed by atoms with Crippen LogP contribution in [0.5, 0.6) is 0 Å². The Kier molecular flexibility index (Phi) is 4.45. The monoisotopic (exact) mass is 240 g/mol. The van der Waals surface area contributed by atoms with Crippen LogP contribution >= 0.6 is 0 Å². The second kappa shape index (κ2) is 5.68. The standard InChI is InChI=1S/C14H28N2O/c1-12-3-6-14(9-12,11-15)16(2)10-13-4-7-17-8-5-13/h12-13H,3-11,15H2,1-2H3. The van der Waals surface area contributed by atoms with Crippen LogP contribution in [0.4, 0.5) is 0 Å². The summed E-state index contributed by atoms with van der Waals surface area (Å²) in [5.41, 5.74) is 6.36. The van der Waals surface area contributed by atoms with Crippen LogP contribution in [-0.2, 0) is 4.74 Å². The predicted octanol–water partition coefficient (Wildman–Crippen LogP) is 1.86. The van der Waals surface area contributed by atoms with Crippen LogP contribution in [0, 0.1) is 11.8 Å². The van der Waals surface area contributed by atoms with Crippen molar-refractivity contribution in [2.24, 2.45) is 17.6 Å². The normalized spacial score (nSPS) is 35.6. The molecule has 0 radical (unpaired) electrons. The molecule has 2 unspecified atom stereocenters. The molecule has 2 rings (SSSR count). The molecule has 2 fully saturated rings. The maximum atomic E-state index is 6.07. The average molecular weight is 240 g/mol. The highest BCUT2D eigenvalue weighted by molar-refractivity contribution is 4.97. The predicted molar refractivity (Wildman–Crippen MR) is 71.0 cm³/mol. The second-order valence-electron chi connectivity index (χ2n) is 6.21. The van der Waals surface area contributed by atoms with Crippen LogP contribution in [0.3, 0.4) is 0 Å². The van der Waals surface area contributed by atoms with E-state index in [1.807, 2.05) is 0 Å². The summed E-state index contributed by atoms with van der Waals surface area (Å²) in [6, 6.07) is 0. The Morgan fingerprint density at radius 1 is 1.29 bits per heavy atom. The van der Waals surface area contributed by atoms with Crippen molar-refractivity contribution in [2.45, 2.75) is 44.6 Å². The molecule has 2 atom stereocenters. The molecule has 3 heteroatoms. The largest absolute Gasteiger partial charge is 0.381 e. The van der Waals surface area contributed by atoms with Gasteiger partial charge in [0.05, 0.1) is 0 Å². The summed E-state index contributed by atoms with van der Waals surface area (Å²) >= 11 is 0. The molecule has 1 saturated heterocycles. The maximum absolute atomic E-state index is 6.07. The molecule has 0 spiro atoms. The Hall–Kier alpha value is -0.120. The first-order chi connectivity index (χ1) is 8.16. The van der Waals surface area contributed by atoms with Crippen molar-refractivity contribution < 1.29 is 4.74 Å². The van der Waals surface area contributed by atoms with Gasteiger partial charge in [-0.3, -0.25) is 4.90 Å². The number of rotatable bonds is 4. The molecule has 0 bridgehead atoms. The van der Waals surface area contributed by atoms with E-state index in [0.29, 0.717) is 0 Å². The minimum atomic E-state index is 0.289. The highest BCUT2D eigenvalue weighted by Crippen LogP contribution is 2.38. The Morgan fingerprint density at radius 2 is 2.00 bits per heavy atom. The Bertz CT molecular complexity index is 240. The molecule has 0 aromatic heterocycles. The van der Waals surface area contributed by atoms with Crippen molar-refractivity contribution in [3.8, 4) is 0 Å². The zero-order valence-corrected chi connectivity index (χ0v) is 11.5. The topological polar surface area (TPSA) is 38.5 Å². The van der Waals surface area contributed by atoms with Crippen LogP contribution in [0.2, 0.25) is 0 Å². The van der Waals surface area contributed by atoms with Crippen molar-refractivity contribution >= 4 is 0 Å². The fourth-order valence-electron chi connectivity index (χ4n) is 3.57. The number of likely N-dealkylation sites (N-methyl/N-ethyl adjacent to an activating group) is 1. The van der Waals surface area contributed by atoms with Crippen molar-refractivity contribution in [3.63, 3.8) is 0 Å². The van der Waals surface area contributed by atoms with E-state index in [1.54, 1.807) is 0 Å². The zero-order chi connectivity index (χ0) is 12.3. The number of nitrogens with two attached hydrogens (primary N) is 1. The molecule has 17 heavy (non-hydrogen) atoms. The molecule has 3 nitrogen and oxygen atoms in total. The minimum Gasteiger partial charge on any atom is -0.381 e. The summed E-state index contributed by atoms with van der Waals surface area (Å²) in [7, 11) is 2.28. The van der Waals surface area contributed by atoms with E-state index in [4.69, 9.17) is 10.5 Å². The van der Waals surface area contributed by atoms with E-state index in [-0.39, 0.29) is 5.54 Å². The van der Waals surface area contributed by atoms with Gasteiger partial charge in [-0.15, -0.1) is 0 Å². The first-order valence-electron chi connectivity index (χ1n) is 7.15. The van der Waals surface area contributed by atoms with Crippen LogP contribution in [-0.4, -0.2) is 43.8 Å². The number of hydrogen-bond donors (Lipinski definition) is 1. The quantitative estimate of drug-likeness (QED) is 0.815. The lowest BCUT2D eigenvalue weighted by Gasteiger charge is -2.40. The molecule has 100 valence electrons. The van der Waals surface area contributed by atoms with E-state index in [9.17, 15) is 0 Å². The number of nitrogens with zero attached hydrogens (tertiary/aromatic N) is 1. The van der Waals surface area contributed by atoms with Crippen LogP contribution in [0.1, 0.15) is 39.0 Å². The van der Waals surface area contributed by atoms with Gasteiger partial charge in [0, 0.05) is 31.8 Å². The van der Waals surface area contributed by atoms with Gasteiger partial charge in [-0.1, -0.05) is 6.92 Å². The van der Waals surface area contributed by atoms with E-state index in [2.05, 4.69) is 18.9 Å². The summed E-state index contributed by atoms with van der Waals surface area (Å²) in [5.74, 6) is 1.66. The summed E-state index contributed by atoms with van der Waals surface area (Å²) in [4.78, 5) is 2.56. The van der Waals surface area contributed by atoms with Crippen LogP contribution < -0.4 is 5.73 Å². The Morgan fingerprint density at radius 3 is 2.53 bits per heavy atom. The van der Waals surface area contributed by atoms with E-state index in [1.165, 1.54) is 38.6 Å². The van der Waals surface area contributed by atoms with Gasteiger partial charge >= 0.3 is 0 Å². The first-order valence-corrected chi connectivity index (χ1v) is 7.15. The molecule has 0 amide bonds. The number of ether oxygens (including phenoxy) is 1. The summed E-state index contributed by atoms with van der Waals surface area (Å²) < 4.78 is 5.43. The Balaban J connectivity index is 1.90. The van der Waals surface area contributed by atoms with Crippen LogP contribution in [0.15, 0.2) is 0 Å². The van der Waals surface area contributed by atoms with Gasteiger partial charge in [0.2, 0.25) is 0 Å². The molecule has 0 aromatic carbocycles. The lowest BCUT2D eigenvalue weighted by molar-refractivity contribution is 0.0346. The third-order valence-corrected chi connectivity index (χ3v) is 4.89. The molecular weight excluding hydrogens is 212 g/mol. The summed E-state index contributed by atoms with van der Waals surface area (Å²) in [6.45, 7) is 6.28. The van der Waals surface area contributed by atoms with Gasteiger partial charge in [-0.05, 0) is 51.0 Å². The van der Waals surface area contributed by atoms with Gasteiger partial charge in [0.15, 0.2) is 0 Å². The van der Waals surface area contributed by atoms with E-state index >= 15 is 0 Å². The molecule has 1 aliphatic carbocycles. The third-order valence-electron chi connectivity index (χ3n) is 4.89. The van der Waals surface area contributed by atoms with Crippen LogP contribution in [0.25, 0.3) is 0 Å². The summed E-state index contributed by atoms with van der Waals surface area (Å²) in [5, 5.41) is 0. The highest BCUT2D eigenvalue weighted by Gasteiger charge is 2.40. The van der Waals surface area contributed by atoms with Gasteiger partial charge in [-0.25, -0.2) is 0 Å². The Labute approximate surface area is 106 Å². The van der Waals surface area contributed by atoms with E-state index < -0.39 is 0 Å². The third kappa shape index (κ3) is 3.01. The molecular formula is C14H28N2O. The highest BCUT2D eigenvalue weighted by atomic mass is 16.5. The lowest BCUT2D eigenvalue weighted by atomic mass is 9.91. The SMILES string of the molecule is CC1CCC(CN)(N(C)CC2CCOCC2)C1. The molecule has 1 saturated carbocycles. The fraction of sp³-hybridized carbons (Fsp3) is 1.00. The zero-order valence-electron chi connectivity index (χ0n) is 11.5. The van der Waals surface area contributed by atoms with Gasteiger partial charge in [0.1, 0.15) is 0 Å². The smallest absolute Gasteiger partial charge is 0.0469 e. The van der Waals surface area contributed by atoms with Gasteiger partial charge in [0.25, 0.3) is 0 Å².